The average molecular weight is 399 g/mol. The third-order valence-corrected chi connectivity index (χ3v) is 4.49. The zero-order chi connectivity index (χ0) is 20.4. The molecule has 4 rings (SSSR count). The summed E-state index contributed by atoms with van der Waals surface area (Å²) < 4.78 is 40.9. The summed E-state index contributed by atoms with van der Waals surface area (Å²) in [5.74, 6) is -0.475. The van der Waals surface area contributed by atoms with Gasteiger partial charge in [-0.15, -0.1) is 13.2 Å². The lowest BCUT2D eigenvalue weighted by Crippen LogP contribution is -2.32. The summed E-state index contributed by atoms with van der Waals surface area (Å²) in [7, 11) is 0. The number of amides is 1. The minimum absolute atomic E-state index is 0.161. The number of hydrogen-bond acceptors (Lipinski definition) is 4. The zero-order valence-electron chi connectivity index (χ0n) is 15.1. The highest BCUT2D eigenvalue weighted by Crippen LogP contribution is 2.34. The van der Waals surface area contributed by atoms with Crippen molar-refractivity contribution in [2.45, 2.75) is 19.1 Å². The molecule has 0 aliphatic carbocycles. The molecule has 1 aliphatic rings. The van der Waals surface area contributed by atoms with E-state index >= 15 is 0 Å². The van der Waals surface area contributed by atoms with Crippen molar-refractivity contribution in [2.75, 3.05) is 5.32 Å². The number of carbonyl (C=O) groups excluding carboxylic acids is 1. The van der Waals surface area contributed by atoms with Gasteiger partial charge >= 0.3 is 6.36 Å². The van der Waals surface area contributed by atoms with Crippen LogP contribution in [0.5, 0.6) is 5.75 Å². The molecular weight excluding hydrogens is 383 g/mol. The molecular formula is C21H16F3N3O2. The number of aromatic nitrogens is 1. The normalized spacial score (nSPS) is 15.9. The van der Waals surface area contributed by atoms with Crippen molar-refractivity contribution in [3.63, 3.8) is 0 Å². The molecule has 0 spiro atoms. The Labute approximate surface area is 164 Å². The maximum atomic E-state index is 12.9. The number of anilines is 1. The van der Waals surface area contributed by atoms with Gasteiger partial charge in [-0.05, 0) is 42.0 Å². The first-order valence-corrected chi connectivity index (χ1v) is 8.83. The Hall–Kier alpha value is -3.55. The minimum atomic E-state index is -4.75. The Morgan fingerprint density at radius 1 is 1.00 bits per heavy atom. The van der Waals surface area contributed by atoms with E-state index in [0.29, 0.717) is 23.5 Å². The van der Waals surface area contributed by atoms with E-state index in [-0.39, 0.29) is 11.7 Å². The molecule has 0 unspecified atom stereocenters. The number of nitrogens with one attached hydrogen (secondary N) is 1. The highest BCUT2D eigenvalue weighted by Gasteiger charge is 2.38. The van der Waals surface area contributed by atoms with E-state index in [1.807, 2.05) is 30.3 Å². The molecule has 1 aromatic heterocycles. The van der Waals surface area contributed by atoms with Gasteiger partial charge in [0.2, 0.25) is 0 Å². The molecule has 0 fully saturated rings. The lowest BCUT2D eigenvalue weighted by molar-refractivity contribution is -0.274. The van der Waals surface area contributed by atoms with Crippen LogP contribution in [0.1, 0.15) is 27.8 Å². The summed E-state index contributed by atoms with van der Waals surface area (Å²) in [5.41, 5.74) is 2.56. The Morgan fingerprint density at radius 2 is 1.72 bits per heavy atom. The summed E-state index contributed by atoms with van der Waals surface area (Å²) >= 11 is 0. The fraction of sp³-hybridized carbons (Fsp3) is 0.143. The number of hydrogen-bond donors (Lipinski definition) is 1. The van der Waals surface area contributed by atoms with Gasteiger partial charge in [0.1, 0.15) is 11.9 Å². The first kappa shape index (κ1) is 18.8. The van der Waals surface area contributed by atoms with Crippen molar-refractivity contribution >= 4 is 11.6 Å². The second kappa shape index (κ2) is 7.46. The van der Waals surface area contributed by atoms with Gasteiger partial charge in [0.15, 0.2) is 0 Å². The van der Waals surface area contributed by atoms with Crippen LogP contribution in [0.3, 0.4) is 0 Å². The number of rotatable bonds is 5. The molecule has 2 aromatic carbocycles. The second-order valence-electron chi connectivity index (χ2n) is 6.47. The quantitative estimate of drug-likeness (QED) is 0.673. The molecule has 8 heteroatoms. The molecule has 29 heavy (non-hydrogen) atoms. The number of pyridine rings is 1. The Morgan fingerprint density at radius 3 is 2.41 bits per heavy atom. The van der Waals surface area contributed by atoms with Crippen LogP contribution in [0, 0.1) is 0 Å². The van der Waals surface area contributed by atoms with Gasteiger partial charge in [0.05, 0.1) is 11.3 Å². The molecule has 0 saturated carbocycles. The number of carbonyl (C=O) groups is 1. The molecule has 1 aliphatic heterocycles. The van der Waals surface area contributed by atoms with Crippen molar-refractivity contribution in [1.29, 1.82) is 0 Å². The fourth-order valence-electron chi connectivity index (χ4n) is 3.24. The van der Waals surface area contributed by atoms with Crippen LogP contribution in [-0.4, -0.2) is 22.2 Å². The van der Waals surface area contributed by atoms with E-state index in [4.69, 9.17) is 0 Å². The molecule has 2 heterocycles. The SMILES string of the molecule is O=C1c2cccnc2[C@H](Nc2ccc(OC(F)(F)F)cc2)N1Cc1ccccc1. The Balaban J connectivity index is 1.59. The van der Waals surface area contributed by atoms with Gasteiger partial charge < -0.3 is 15.0 Å². The van der Waals surface area contributed by atoms with E-state index in [1.54, 1.807) is 23.2 Å². The van der Waals surface area contributed by atoms with Crippen LogP contribution in [-0.2, 0) is 6.54 Å². The number of halogens is 3. The number of ether oxygens (including phenoxy) is 1. The minimum Gasteiger partial charge on any atom is -0.406 e. The van der Waals surface area contributed by atoms with Crippen molar-refractivity contribution in [3.8, 4) is 5.75 Å². The third-order valence-electron chi connectivity index (χ3n) is 4.49. The number of fused-ring (bicyclic) bond motifs is 1. The second-order valence-corrected chi connectivity index (χ2v) is 6.47. The number of alkyl halides is 3. The first-order valence-electron chi connectivity index (χ1n) is 8.83. The highest BCUT2D eigenvalue weighted by molar-refractivity contribution is 5.98. The summed E-state index contributed by atoms with van der Waals surface area (Å²) in [5, 5.41) is 3.19. The van der Waals surface area contributed by atoms with Crippen molar-refractivity contribution in [1.82, 2.24) is 9.88 Å². The summed E-state index contributed by atoms with van der Waals surface area (Å²) in [4.78, 5) is 18.9. The standard InChI is InChI=1S/C21H16F3N3O2/c22-21(23,24)29-16-10-8-15(9-11-16)26-19-18-17(7-4-12-25-18)20(28)27(19)13-14-5-2-1-3-6-14/h1-12,19,26H,13H2/t19-/m1/s1. The predicted octanol–water partition coefficient (Wildman–Crippen LogP) is 4.75. The molecule has 1 atom stereocenters. The first-order chi connectivity index (χ1) is 13.9. The lowest BCUT2D eigenvalue weighted by Gasteiger charge is -2.26. The van der Waals surface area contributed by atoms with Crippen LogP contribution >= 0.6 is 0 Å². The Kier molecular flexibility index (Phi) is 4.84. The zero-order valence-corrected chi connectivity index (χ0v) is 15.1. The highest BCUT2D eigenvalue weighted by atomic mass is 19.4. The molecule has 1 amide bonds. The Bertz CT molecular complexity index is 1010. The molecule has 0 radical (unpaired) electrons. The van der Waals surface area contributed by atoms with Gasteiger partial charge in [-0.25, -0.2) is 0 Å². The van der Waals surface area contributed by atoms with Crippen LogP contribution in [0.15, 0.2) is 72.9 Å². The van der Waals surface area contributed by atoms with Crippen molar-refractivity contribution in [2.24, 2.45) is 0 Å². The van der Waals surface area contributed by atoms with Crippen molar-refractivity contribution in [3.05, 3.63) is 89.7 Å². The van der Waals surface area contributed by atoms with Gasteiger partial charge in [-0.3, -0.25) is 9.78 Å². The fourth-order valence-corrected chi connectivity index (χ4v) is 3.24. The maximum absolute atomic E-state index is 12.9. The lowest BCUT2D eigenvalue weighted by atomic mass is 10.2. The molecule has 5 nitrogen and oxygen atoms in total. The maximum Gasteiger partial charge on any atom is 0.573 e. The molecule has 148 valence electrons. The van der Waals surface area contributed by atoms with Gasteiger partial charge in [-0.1, -0.05) is 30.3 Å². The monoisotopic (exact) mass is 399 g/mol. The van der Waals surface area contributed by atoms with Gasteiger partial charge in [0, 0.05) is 18.4 Å². The number of nitrogens with zero attached hydrogens (tertiary/aromatic N) is 2. The molecule has 3 aromatic rings. The summed E-state index contributed by atoms with van der Waals surface area (Å²) in [6.07, 6.45) is -3.69. The van der Waals surface area contributed by atoms with E-state index in [2.05, 4.69) is 15.0 Å². The van der Waals surface area contributed by atoms with E-state index < -0.39 is 12.5 Å². The van der Waals surface area contributed by atoms with E-state index in [0.717, 1.165) is 5.56 Å². The van der Waals surface area contributed by atoms with Crippen LogP contribution in [0.2, 0.25) is 0 Å². The van der Waals surface area contributed by atoms with Crippen molar-refractivity contribution < 1.29 is 22.7 Å². The molecule has 0 saturated heterocycles. The van der Waals surface area contributed by atoms with Gasteiger partial charge in [0.25, 0.3) is 5.91 Å². The van der Waals surface area contributed by atoms with E-state index in [9.17, 15) is 18.0 Å². The van der Waals surface area contributed by atoms with Crippen LogP contribution in [0.25, 0.3) is 0 Å². The molecule has 0 bridgehead atoms. The molecule has 1 N–H and O–H groups in total. The van der Waals surface area contributed by atoms with Crippen LogP contribution in [0.4, 0.5) is 18.9 Å². The predicted molar refractivity (Wildman–Crippen MR) is 100 cm³/mol. The summed E-state index contributed by atoms with van der Waals surface area (Å²) in [6.45, 7) is 0.364. The van der Waals surface area contributed by atoms with Crippen LogP contribution < -0.4 is 10.1 Å². The topological polar surface area (TPSA) is 54.5 Å². The smallest absolute Gasteiger partial charge is 0.406 e. The van der Waals surface area contributed by atoms with E-state index in [1.165, 1.54) is 24.3 Å². The van der Waals surface area contributed by atoms with Gasteiger partial charge in [-0.2, -0.15) is 0 Å². The third kappa shape index (κ3) is 4.16. The average Bonchev–Trinajstić information content (AvgIpc) is 2.95. The number of benzene rings is 2. The largest absolute Gasteiger partial charge is 0.573 e. The summed E-state index contributed by atoms with van der Waals surface area (Å²) in [6, 6.07) is 18.3.